The van der Waals surface area contributed by atoms with Crippen LogP contribution in [-0.2, 0) is 30.4 Å². The first-order valence-corrected chi connectivity index (χ1v) is 13.0. The van der Waals surface area contributed by atoms with Crippen LogP contribution in [0.15, 0.2) is 48.5 Å². The van der Waals surface area contributed by atoms with Crippen LogP contribution in [0.3, 0.4) is 0 Å². The molecule has 3 amide bonds. The summed E-state index contributed by atoms with van der Waals surface area (Å²) in [6.45, 7) is 0.983. The minimum Gasteiger partial charge on any atom is -0.377 e. The van der Waals surface area contributed by atoms with Gasteiger partial charge in [0, 0.05) is 37.1 Å². The lowest BCUT2D eigenvalue weighted by molar-refractivity contribution is -0.173. The van der Waals surface area contributed by atoms with Crippen LogP contribution in [0.4, 0.5) is 18.9 Å². The number of rotatable bonds is 14. The van der Waals surface area contributed by atoms with E-state index in [1.807, 2.05) is 48.5 Å². The van der Waals surface area contributed by atoms with Crippen LogP contribution in [0.25, 0.3) is 0 Å². The number of ether oxygens (including phenoxy) is 2. The van der Waals surface area contributed by atoms with Gasteiger partial charge in [-0.2, -0.15) is 13.2 Å². The molecule has 0 aromatic heterocycles. The Labute approximate surface area is 231 Å². The Bertz CT molecular complexity index is 1220. The van der Waals surface area contributed by atoms with Crippen molar-refractivity contribution in [3.8, 4) is 11.8 Å². The number of fused-ring (bicyclic) bond motifs is 2. The number of alkyl halides is 3. The molecule has 3 rings (SSSR count). The van der Waals surface area contributed by atoms with Crippen molar-refractivity contribution in [2.45, 2.75) is 38.4 Å². The Hall–Kier alpha value is -3.88. The minimum absolute atomic E-state index is 0.0234. The maximum Gasteiger partial charge on any atom is 0.471 e. The van der Waals surface area contributed by atoms with Gasteiger partial charge in [0.15, 0.2) is 0 Å². The molecule has 0 saturated heterocycles. The normalized spacial score (nSPS) is 12.2. The molecule has 1 aliphatic heterocycles. The first-order chi connectivity index (χ1) is 19.3. The van der Waals surface area contributed by atoms with Crippen LogP contribution in [0, 0.1) is 11.8 Å². The Morgan fingerprint density at radius 1 is 0.800 bits per heavy atom. The van der Waals surface area contributed by atoms with Gasteiger partial charge >= 0.3 is 12.1 Å². The predicted molar refractivity (Wildman–Crippen MR) is 142 cm³/mol. The zero-order valence-corrected chi connectivity index (χ0v) is 22.0. The Morgan fingerprint density at radius 3 is 2.12 bits per heavy atom. The maximum atomic E-state index is 13.2. The number of carbonyl (C=O) groups is 3. The summed E-state index contributed by atoms with van der Waals surface area (Å²) in [7, 11) is 0. The Kier molecular flexibility index (Phi) is 12.0. The molecule has 1 aliphatic rings. The van der Waals surface area contributed by atoms with E-state index in [9.17, 15) is 27.6 Å². The largest absolute Gasteiger partial charge is 0.471 e. The summed E-state index contributed by atoms with van der Waals surface area (Å²) < 4.78 is 46.5. The molecule has 0 spiro atoms. The molecule has 11 heteroatoms. The molecule has 2 N–H and O–H groups in total. The molecule has 2 aromatic carbocycles. The number of nitrogens with one attached hydrogen (secondary N) is 2. The fourth-order valence-corrected chi connectivity index (χ4v) is 3.91. The molecule has 0 unspecified atom stereocenters. The van der Waals surface area contributed by atoms with E-state index in [0.717, 1.165) is 22.4 Å². The van der Waals surface area contributed by atoms with Crippen LogP contribution >= 0.6 is 0 Å². The first kappa shape index (κ1) is 30.7. The van der Waals surface area contributed by atoms with Crippen molar-refractivity contribution in [3.05, 3.63) is 65.2 Å². The lowest BCUT2D eigenvalue weighted by Gasteiger charge is -2.26. The number of carbonyl (C=O) groups excluding carboxylic acids is 3. The first-order valence-electron chi connectivity index (χ1n) is 13.0. The highest BCUT2D eigenvalue weighted by atomic mass is 19.4. The van der Waals surface area contributed by atoms with Gasteiger partial charge in [0.1, 0.15) is 0 Å². The summed E-state index contributed by atoms with van der Waals surface area (Å²) >= 11 is 0. The summed E-state index contributed by atoms with van der Waals surface area (Å²) in [6, 6.07) is 15.4. The van der Waals surface area contributed by atoms with Crippen molar-refractivity contribution >= 4 is 23.4 Å². The molecule has 0 saturated carbocycles. The van der Waals surface area contributed by atoms with Crippen molar-refractivity contribution in [3.63, 3.8) is 0 Å². The number of anilines is 1. The van der Waals surface area contributed by atoms with Crippen LogP contribution in [0.1, 0.15) is 42.4 Å². The van der Waals surface area contributed by atoms with E-state index in [1.54, 1.807) is 10.2 Å². The summed E-state index contributed by atoms with van der Waals surface area (Å²) in [6.07, 6.45) is -3.20. The highest BCUT2D eigenvalue weighted by molar-refractivity contribution is 5.95. The third kappa shape index (κ3) is 10.0. The Morgan fingerprint density at radius 2 is 1.40 bits per heavy atom. The summed E-state index contributed by atoms with van der Waals surface area (Å²) in [5, 5.41) is 4.44. The molecule has 1 heterocycles. The number of nitrogens with zero attached hydrogens (tertiary/aromatic N) is 1. The molecule has 0 bridgehead atoms. The van der Waals surface area contributed by atoms with Crippen molar-refractivity contribution < 1.29 is 37.0 Å². The van der Waals surface area contributed by atoms with E-state index in [-0.39, 0.29) is 51.2 Å². The average molecular weight is 560 g/mol. The van der Waals surface area contributed by atoms with E-state index in [2.05, 4.69) is 17.2 Å². The second-order valence-electron chi connectivity index (χ2n) is 8.94. The van der Waals surface area contributed by atoms with Crippen LogP contribution < -0.4 is 15.5 Å². The van der Waals surface area contributed by atoms with Gasteiger partial charge in [-0.25, -0.2) is 0 Å². The van der Waals surface area contributed by atoms with Gasteiger partial charge in [0.05, 0.1) is 38.7 Å². The predicted octanol–water partition coefficient (Wildman–Crippen LogP) is 3.32. The molecule has 214 valence electrons. The van der Waals surface area contributed by atoms with Gasteiger partial charge in [-0.3, -0.25) is 14.4 Å². The summed E-state index contributed by atoms with van der Waals surface area (Å²) in [5.74, 6) is 4.20. The number of benzene rings is 2. The van der Waals surface area contributed by atoms with Gasteiger partial charge in [-0.05, 0) is 36.6 Å². The summed E-state index contributed by atoms with van der Waals surface area (Å²) in [4.78, 5) is 37.7. The van der Waals surface area contributed by atoms with Gasteiger partial charge < -0.3 is 25.0 Å². The van der Waals surface area contributed by atoms with Crippen molar-refractivity contribution in [2.24, 2.45) is 0 Å². The SMILES string of the molecule is O=C(CCCCC(=O)N1Cc2ccccc2C#Cc2ccccc21)NCCOCCOCCNC(=O)C(F)(F)F. The number of para-hydroxylation sites is 1. The van der Waals surface area contributed by atoms with Gasteiger partial charge in [0.25, 0.3) is 0 Å². The fraction of sp³-hybridized carbons (Fsp3) is 0.414. The number of amides is 3. The molecule has 0 aliphatic carbocycles. The average Bonchev–Trinajstić information content (AvgIpc) is 2.92. The quantitative estimate of drug-likeness (QED) is 0.274. The lowest BCUT2D eigenvalue weighted by atomic mass is 10.0. The molecule has 0 atom stereocenters. The number of halogens is 3. The fourth-order valence-electron chi connectivity index (χ4n) is 3.91. The molecule has 2 aromatic rings. The van der Waals surface area contributed by atoms with E-state index in [4.69, 9.17) is 9.47 Å². The molecular weight excluding hydrogens is 527 g/mol. The van der Waals surface area contributed by atoms with E-state index in [1.165, 1.54) is 0 Å². The maximum absolute atomic E-state index is 13.2. The molecule has 40 heavy (non-hydrogen) atoms. The zero-order chi connectivity index (χ0) is 28.8. The van der Waals surface area contributed by atoms with Gasteiger partial charge in [-0.1, -0.05) is 42.2 Å². The van der Waals surface area contributed by atoms with E-state index in [0.29, 0.717) is 32.4 Å². The molecule has 0 radical (unpaired) electrons. The number of hydrogen-bond acceptors (Lipinski definition) is 5. The number of unbranched alkanes of at least 4 members (excludes halogenated alkanes) is 1. The highest BCUT2D eigenvalue weighted by Gasteiger charge is 2.38. The second-order valence-corrected chi connectivity index (χ2v) is 8.94. The van der Waals surface area contributed by atoms with Gasteiger partial charge in [-0.15, -0.1) is 0 Å². The lowest BCUT2D eigenvalue weighted by Crippen LogP contribution is -2.38. The second kappa shape index (κ2) is 15.6. The summed E-state index contributed by atoms with van der Waals surface area (Å²) in [5.41, 5.74) is 3.47. The van der Waals surface area contributed by atoms with Gasteiger partial charge in [0.2, 0.25) is 11.8 Å². The van der Waals surface area contributed by atoms with Crippen molar-refractivity contribution in [1.29, 1.82) is 0 Å². The topological polar surface area (TPSA) is 97.0 Å². The molecule has 0 fully saturated rings. The standard InChI is InChI=1S/C29H32F3N3O5/c30-29(31,32)28(38)34-16-18-40-20-19-39-17-15-33-26(36)11-5-6-12-27(37)35-21-24-9-2-1-7-22(24)13-14-23-8-3-4-10-25(23)35/h1-4,7-10H,5-6,11-12,15-21H2,(H,33,36)(H,34,38). The third-order valence-corrected chi connectivity index (χ3v) is 5.95. The minimum atomic E-state index is -4.91. The number of hydrogen-bond donors (Lipinski definition) is 2. The van der Waals surface area contributed by atoms with Crippen LogP contribution in [0.2, 0.25) is 0 Å². The van der Waals surface area contributed by atoms with E-state index < -0.39 is 12.1 Å². The van der Waals surface area contributed by atoms with E-state index >= 15 is 0 Å². The molecule has 8 nitrogen and oxygen atoms in total. The zero-order valence-electron chi connectivity index (χ0n) is 22.0. The van der Waals surface area contributed by atoms with Crippen molar-refractivity contribution in [1.82, 2.24) is 10.6 Å². The highest BCUT2D eigenvalue weighted by Crippen LogP contribution is 2.26. The Balaban J connectivity index is 1.28. The monoisotopic (exact) mass is 559 g/mol. The van der Waals surface area contributed by atoms with Crippen molar-refractivity contribution in [2.75, 3.05) is 44.4 Å². The third-order valence-electron chi connectivity index (χ3n) is 5.95. The smallest absolute Gasteiger partial charge is 0.377 e. The van der Waals surface area contributed by atoms with Crippen LogP contribution in [0.5, 0.6) is 0 Å². The molecular formula is C29H32F3N3O5. The van der Waals surface area contributed by atoms with Crippen LogP contribution in [-0.4, -0.2) is 63.4 Å².